The normalized spacial score (nSPS) is 21.9. The number of rotatable bonds is 3. The average Bonchev–Trinajstić information content (AvgIpc) is 2.37. The van der Waals surface area contributed by atoms with Gasteiger partial charge in [-0.2, -0.15) is 0 Å². The number of anilines is 1. The van der Waals surface area contributed by atoms with Crippen LogP contribution in [0.1, 0.15) is 25.7 Å². The van der Waals surface area contributed by atoms with E-state index in [0.29, 0.717) is 18.5 Å². The Balaban J connectivity index is 2.00. The minimum atomic E-state index is -2.71. The standard InChI is InChI=1S/C13H16F2N2OS/c14-13(15)6-2-3-9(8-13)12(18)17-10-4-1-5-11(7-10)19-16/h1,4-5,7,9H,2-3,6,8,16H2,(H,17,18)/t9-/m0/s1. The molecule has 0 unspecified atom stereocenters. The zero-order valence-corrected chi connectivity index (χ0v) is 11.2. The van der Waals surface area contributed by atoms with Crippen molar-refractivity contribution in [1.29, 1.82) is 0 Å². The lowest BCUT2D eigenvalue weighted by molar-refractivity contribution is -0.127. The van der Waals surface area contributed by atoms with Gasteiger partial charge in [0.05, 0.1) is 0 Å². The van der Waals surface area contributed by atoms with Gasteiger partial charge >= 0.3 is 0 Å². The molecule has 3 N–H and O–H groups in total. The van der Waals surface area contributed by atoms with E-state index in [9.17, 15) is 13.6 Å². The summed E-state index contributed by atoms with van der Waals surface area (Å²) in [6.07, 6.45) is 0.441. The summed E-state index contributed by atoms with van der Waals surface area (Å²) >= 11 is 1.07. The maximum absolute atomic E-state index is 13.3. The van der Waals surface area contributed by atoms with E-state index in [1.807, 2.05) is 6.07 Å². The highest BCUT2D eigenvalue weighted by Gasteiger charge is 2.39. The summed E-state index contributed by atoms with van der Waals surface area (Å²) in [6, 6.07) is 7.03. The smallest absolute Gasteiger partial charge is 0.248 e. The first kappa shape index (κ1) is 14.3. The quantitative estimate of drug-likeness (QED) is 0.837. The Morgan fingerprint density at radius 3 is 2.95 bits per heavy atom. The highest BCUT2D eigenvalue weighted by atomic mass is 32.2. The summed E-state index contributed by atoms with van der Waals surface area (Å²) < 4.78 is 26.5. The van der Waals surface area contributed by atoms with E-state index in [0.717, 1.165) is 16.8 Å². The van der Waals surface area contributed by atoms with Gasteiger partial charge in [-0.3, -0.25) is 9.93 Å². The van der Waals surface area contributed by atoms with Crippen LogP contribution in [0.2, 0.25) is 0 Å². The Labute approximate surface area is 115 Å². The van der Waals surface area contributed by atoms with Gasteiger partial charge in [0, 0.05) is 29.3 Å². The lowest BCUT2D eigenvalue weighted by atomic mass is 9.86. The third-order valence-electron chi connectivity index (χ3n) is 3.25. The third-order valence-corrected chi connectivity index (χ3v) is 3.77. The number of alkyl halides is 2. The molecule has 1 saturated carbocycles. The summed E-state index contributed by atoms with van der Waals surface area (Å²) in [4.78, 5) is 12.8. The topological polar surface area (TPSA) is 55.1 Å². The SMILES string of the molecule is NSc1cccc(NC(=O)[C@H]2CCCC(F)(F)C2)c1. The van der Waals surface area contributed by atoms with E-state index >= 15 is 0 Å². The summed E-state index contributed by atoms with van der Waals surface area (Å²) in [5, 5.41) is 8.12. The molecular weight excluding hydrogens is 270 g/mol. The van der Waals surface area contributed by atoms with Crippen molar-refractivity contribution >= 4 is 23.5 Å². The monoisotopic (exact) mass is 286 g/mol. The second kappa shape index (κ2) is 5.88. The van der Waals surface area contributed by atoms with E-state index < -0.39 is 11.8 Å². The molecule has 0 saturated heterocycles. The van der Waals surface area contributed by atoms with Crippen molar-refractivity contribution in [2.75, 3.05) is 5.32 Å². The van der Waals surface area contributed by atoms with Crippen molar-refractivity contribution in [2.24, 2.45) is 11.1 Å². The van der Waals surface area contributed by atoms with Crippen LogP contribution in [-0.2, 0) is 4.79 Å². The van der Waals surface area contributed by atoms with Gasteiger partial charge in [-0.15, -0.1) is 0 Å². The van der Waals surface area contributed by atoms with Crippen molar-refractivity contribution in [3.05, 3.63) is 24.3 Å². The Bertz CT molecular complexity index is 468. The highest BCUT2D eigenvalue weighted by molar-refractivity contribution is 7.97. The fourth-order valence-corrected chi connectivity index (χ4v) is 2.64. The van der Waals surface area contributed by atoms with Crippen LogP contribution in [0.3, 0.4) is 0 Å². The van der Waals surface area contributed by atoms with E-state index in [1.54, 1.807) is 18.2 Å². The Morgan fingerprint density at radius 1 is 1.47 bits per heavy atom. The fourth-order valence-electron chi connectivity index (χ4n) is 2.29. The Morgan fingerprint density at radius 2 is 2.26 bits per heavy atom. The average molecular weight is 286 g/mol. The molecule has 19 heavy (non-hydrogen) atoms. The minimum Gasteiger partial charge on any atom is -0.326 e. The van der Waals surface area contributed by atoms with Gasteiger partial charge in [-0.25, -0.2) is 8.78 Å². The molecule has 1 fully saturated rings. The van der Waals surface area contributed by atoms with E-state index in [-0.39, 0.29) is 18.7 Å². The van der Waals surface area contributed by atoms with Gasteiger partial charge in [0.1, 0.15) is 0 Å². The van der Waals surface area contributed by atoms with Crippen LogP contribution in [0.4, 0.5) is 14.5 Å². The zero-order chi connectivity index (χ0) is 13.9. The molecular formula is C13H16F2N2OS. The van der Waals surface area contributed by atoms with Crippen molar-refractivity contribution in [2.45, 2.75) is 36.5 Å². The van der Waals surface area contributed by atoms with Crippen molar-refractivity contribution in [1.82, 2.24) is 0 Å². The van der Waals surface area contributed by atoms with Crippen molar-refractivity contribution < 1.29 is 13.6 Å². The van der Waals surface area contributed by atoms with E-state index in [1.165, 1.54) is 0 Å². The highest BCUT2D eigenvalue weighted by Crippen LogP contribution is 2.37. The van der Waals surface area contributed by atoms with Crippen molar-refractivity contribution in [3.63, 3.8) is 0 Å². The number of carbonyl (C=O) groups is 1. The summed E-state index contributed by atoms with van der Waals surface area (Å²) in [7, 11) is 0. The molecule has 3 nitrogen and oxygen atoms in total. The molecule has 6 heteroatoms. The first-order chi connectivity index (χ1) is 9.00. The number of amides is 1. The number of hydrogen-bond acceptors (Lipinski definition) is 3. The van der Waals surface area contributed by atoms with Gasteiger partial charge in [-0.05, 0) is 43.0 Å². The van der Waals surface area contributed by atoms with Crippen LogP contribution in [0.25, 0.3) is 0 Å². The predicted molar refractivity (Wildman–Crippen MR) is 72.0 cm³/mol. The number of carbonyl (C=O) groups excluding carboxylic acids is 1. The Hall–Kier alpha value is -1.14. The first-order valence-corrected chi connectivity index (χ1v) is 7.04. The van der Waals surface area contributed by atoms with Crippen LogP contribution in [-0.4, -0.2) is 11.8 Å². The van der Waals surface area contributed by atoms with Gasteiger partial charge in [-0.1, -0.05) is 6.07 Å². The molecule has 1 amide bonds. The van der Waals surface area contributed by atoms with Gasteiger partial charge in [0.25, 0.3) is 0 Å². The maximum atomic E-state index is 13.3. The molecule has 1 aliphatic carbocycles. The maximum Gasteiger partial charge on any atom is 0.248 e. The van der Waals surface area contributed by atoms with Crippen LogP contribution >= 0.6 is 11.9 Å². The van der Waals surface area contributed by atoms with Crippen LogP contribution < -0.4 is 10.5 Å². The molecule has 1 aromatic carbocycles. The molecule has 0 radical (unpaired) electrons. The molecule has 0 aromatic heterocycles. The predicted octanol–water partition coefficient (Wildman–Crippen LogP) is 3.42. The number of halogens is 2. The second-order valence-electron chi connectivity index (χ2n) is 4.78. The molecule has 0 spiro atoms. The van der Waals surface area contributed by atoms with E-state index in [4.69, 9.17) is 5.14 Å². The molecule has 1 aromatic rings. The molecule has 0 aliphatic heterocycles. The lowest BCUT2D eigenvalue weighted by Crippen LogP contribution is -2.33. The summed E-state index contributed by atoms with van der Waals surface area (Å²) in [5.74, 6) is -3.66. The van der Waals surface area contributed by atoms with Gasteiger partial charge < -0.3 is 5.32 Å². The van der Waals surface area contributed by atoms with Crippen LogP contribution in [0.5, 0.6) is 0 Å². The van der Waals surface area contributed by atoms with Gasteiger partial charge in [0.2, 0.25) is 11.8 Å². The van der Waals surface area contributed by atoms with Crippen molar-refractivity contribution in [3.8, 4) is 0 Å². The summed E-state index contributed by atoms with van der Waals surface area (Å²) in [5.41, 5.74) is 0.592. The molecule has 1 atom stereocenters. The van der Waals surface area contributed by atoms with E-state index in [2.05, 4.69) is 5.32 Å². The second-order valence-corrected chi connectivity index (χ2v) is 5.49. The van der Waals surface area contributed by atoms with Crippen LogP contribution in [0.15, 0.2) is 29.2 Å². The van der Waals surface area contributed by atoms with Crippen LogP contribution in [0, 0.1) is 5.92 Å². The number of nitrogens with one attached hydrogen (secondary N) is 1. The molecule has 0 bridgehead atoms. The lowest BCUT2D eigenvalue weighted by Gasteiger charge is -2.28. The van der Waals surface area contributed by atoms with Gasteiger partial charge in [0.15, 0.2) is 0 Å². The number of nitrogens with two attached hydrogens (primary N) is 1. The first-order valence-electron chi connectivity index (χ1n) is 6.16. The Kier molecular flexibility index (Phi) is 4.42. The largest absolute Gasteiger partial charge is 0.326 e. The molecule has 0 heterocycles. The molecule has 104 valence electrons. The molecule has 2 rings (SSSR count). The number of benzene rings is 1. The molecule has 1 aliphatic rings. The zero-order valence-electron chi connectivity index (χ0n) is 10.4. The third kappa shape index (κ3) is 3.91. The minimum absolute atomic E-state index is 0.115. The summed E-state index contributed by atoms with van der Waals surface area (Å²) in [6.45, 7) is 0. The number of hydrogen-bond donors (Lipinski definition) is 2. The fraction of sp³-hybridized carbons (Fsp3) is 0.462.